The number of amides is 2. The maximum Gasteiger partial charge on any atom is 0.314 e. The molecule has 6 heteroatoms. The third kappa shape index (κ3) is 6.45. The molecule has 2 aromatic carbocycles. The molecule has 6 nitrogen and oxygen atoms in total. The van der Waals surface area contributed by atoms with Crippen LogP contribution in [0.5, 0.6) is 0 Å². The Morgan fingerprint density at radius 3 is 2.38 bits per heavy atom. The average Bonchev–Trinajstić information content (AvgIpc) is 2.73. The lowest BCUT2D eigenvalue weighted by atomic mass is 9.86. The standard InChI is InChI=1S/C23H28N2O4/c1-4-16(3)21(17-10-7-6-8-11-17)23(28)29-15-20(26)25-19-13-9-12-18(14-19)22(27)24-5-2/h6-14,16,21H,4-5,15H2,1-3H3,(H,24,27)(H,25,26)/t16-,21-/m0/s1. The maximum atomic E-state index is 12.7. The molecule has 0 aliphatic heterocycles. The summed E-state index contributed by atoms with van der Waals surface area (Å²) in [6.07, 6.45) is 0.813. The highest BCUT2D eigenvalue weighted by atomic mass is 16.5. The highest BCUT2D eigenvalue weighted by molar-refractivity contribution is 5.97. The van der Waals surface area contributed by atoms with Crippen LogP contribution in [0.25, 0.3) is 0 Å². The first kappa shape index (κ1) is 22.1. The molecule has 2 amide bonds. The smallest absolute Gasteiger partial charge is 0.314 e. The summed E-state index contributed by atoms with van der Waals surface area (Å²) in [5.41, 5.74) is 1.79. The molecular formula is C23H28N2O4. The summed E-state index contributed by atoms with van der Waals surface area (Å²) in [6.45, 7) is 5.97. The van der Waals surface area contributed by atoms with Crippen molar-refractivity contribution in [2.75, 3.05) is 18.5 Å². The zero-order chi connectivity index (χ0) is 21.2. The quantitative estimate of drug-likeness (QED) is 0.632. The zero-order valence-corrected chi connectivity index (χ0v) is 17.1. The van der Waals surface area contributed by atoms with Crippen molar-refractivity contribution in [1.82, 2.24) is 5.32 Å². The third-order valence-corrected chi connectivity index (χ3v) is 4.72. The number of ether oxygens (including phenoxy) is 1. The predicted molar refractivity (Wildman–Crippen MR) is 113 cm³/mol. The first-order chi connectivity index (χ1) is 14.0. The van der Waals surface area contributed by atoms with Gasteiger partial charge in [-0.25, -0.2) is 0 Å². The van der Waals surface area contributed by atoms with E-state index in [9.17, 15) is 14.4 Å². The van der Waals surface area contributed by atoms with Crippen LogP contribution >= 0.6 is 0 Å². The van der Waals surface area contributed by atoms with E-state index in [1.807, 2.05) is 51.1 Å². The fourth-order valence-corrected chi connectivity index (χ4v) is 3.02. The largest absolute Gasteiger partial charge is 0.455 e. The molecule has 154 valence electrons. The van der Waals surface area contributed by atoms with Crippen molar-refractivity contribution in [3.8, 4) is 0 Å². The number of hydrogen-bond acceptors (Lipinski definition) is 4. The van der Waals surface area contributed by atoms with Gasteiger partial charge in [0.05, 0.1) is 5.92 Å². The van der Waals surface area contributed by atoms with E-state index in [2.05, 4.69) is 10.6 Å². The molecule has 0 saturated heterocycles. The van der Waals surface area contributed by atoms with E-state index in [4.69, 9.17) is 4.74 Å². The lowest BCUT2D eigenvalue weighted by molar-refractivity contribution is -0.150. The molecule has 2 atom stereocenters. The van der Waals surface area contributed by atoms with E-state index in [1.165, 1.54) is 0 Å². The van der Waals surface area contributed by atoms with Gasteiger partial charge in [0.1, 0.15) is 0 Å². The van der Waals surface area contributed by atoms with Gasteiger partial charge in [0.15, 0.2) is 6.61 Å². The number of benzene rings is 2. The van der Waals surface area contributed by atoms with Crippen LogP contribution in [0.1, 0.15) is 49.0 Å². The molecule has 0 unspecified atom stereocenters. The third-order valence-electron chi connectivity index (χ3n) is 4.72. The Balaban J connectivity index is 1.98. The van der Waals surface area contributed by atoms with E-state index in [0.717, 1.165) is 12.0 Å². The minimum atomic E-state index is -0.456. The molecule has 2 aromatic rings. The highest BCUT2D eigenvalue weighted by Crippen LogP contribution is 2.28. The lowest BCUT2D eigenvalue weighted by Gasteiger charge is -2.21. The van der Waals surface area contributed by atoms with Crippen LogP contribution in [0.3, 0.4) is 0 Å². The van der Waals surface area contributed by atoms with Gasteiger partial charge in [-0.1, -0.05) is 56.7 Å². The number of carbonyl (C=O) groups excluding carboxylic acids is 3. The molecule has 0 heterocycles. The summed E-state index contributed by atoms with van der Waals surface area (Å²) >= 11 is 0. The normalized spacial score (nSPS) is 12.5. The first-order valence-electron chi connectivity index (χ1n) is 9.85. The van der Waals surface area contributed by atoms with Gasteiger partial charge >= 0.3 is 5.97 Å². The molecule has 0 aliphatic rings. The van der Waals surface area contributed by atoms with Crippen molar-refractivity contribution in [2.45, 2.75) is 33.1 Å². The van der Waals surface area contributed by atoms with Gasteiger partial charge in [-0.2, -0.15) is 0 Å². The van der Waals surface area contributed by atoms with Gasteiger partial charge < -0.3 is 15.4 Å². The Hall–Kier alpha value is -3.15. The average molecular weight is 396 g/mol. The predicted octanol–water partition coefficient (Wildman–Crippen LogP) is 3.75. The second-order valence-corrected chi connectivity index (χ2v) is 6.87. The van der Waals surface area contributed by atoms with E-state index >= 15 is 0 Å². The zero-order valence-electron chi connectivity index (χ0n) is 17.1. The van der Waals surface area contributed by atoms with Crippen molar-refractivity contribution in [3.05, 3.63) is 65.7 Å². The summed E-state index contributed by atoms with van der Waals surface area (Å²) in [5, 5.41) is 5.37. The first-order valence-corrected chi connectivity index (χ1v) is 9.85. The summed E-state index contributed by atoms with van der Waals surface area (Å²) in [4.78, 5) is 36.8. The highest BCUT2D eigenvalue weighted by Gasteiger charge is 2.27. The molecule has 0 radical (unpaired) electrons. The number of rotatable bonds is 9. The molecule has 0 fully saturated rings. The topological polar surface area (TPSA) is 84.5 Å². The van der Waals surface area contributed by atoms with Gasteiger partial charge in [-0.15, -0.1) is 0 Å². The fraction of sp³-hybridized carbons (Fsp3) is 0.348. The SMILES string of the molecule is CCNC(=O)c1cccc(NC(=O)COC(=O)[C@H](c2ccccc2)[C@@H](C)CC)c1. The molecule has 0 aromatic heterocycles. The molecule has 2 rings (SSSR count). The number of hydrogen-bond donors (Lipinski definition) is 2. The van der Waals surface area contributed by atoms with Crippen molar-refractivity contribution in [2.24, 2.45) is 5.92 Å². The molecule has 0 saturated carbocycles. The monoisotopic (exact) mass is 396 g/mol. The van der Waals surface area contributed by atoms with Crippen molar-refractivity contribution in [1.29, 1.82) is 0 Å². The van der Waals surface area contributed by atoms with Gasteiger partial charge in [0.2, 0.25) is 0 Å². The van der Waals surface area contributed by atoms with E-state index in [-0.39, 0.29) is 18.4 Å². The van der Waals surface area contributed by atoms with E-state index in [0.29, 0.717) is 17.8 Å². The van der Waals surface area contributed by atoms with Crippen molar-refractivity contribution >= 4 is 23.5 Å². The number of carbonyl (C=O) groups is 3. The maximum absolute atomic E-state index is 12.7. The summed E-state index contributed by atoms with van der Waals surface area (Å²) in [7, 11) is 0. The molecule has 29 heavy (non-hydrogen) atoms. The molecule has 0 aliphatic carbocycles. The van der Waals surface area contributed by atoms with Gasteiger partial charge in [0.25, 0.3) is 11.8 Å². The Labute approximate surface area is 171 Å². The van der Waals surface area contributed by atoms with Crippen LogP contribution in [-0.2, 0) is 14.3 Å². The Kier molecular flexibility index (Phi) is 8.40. The van der Waals surface area contributed by atoms with Crippen LogP contribution in [-0.4, -0.2) is 30.9 Å². The molecule has 0 spiro atoms. The van der Waals surface area contributed by atoms with Crippen molar-refractivity contribution < 1.29 is 19.1 Å². The Morgan fingerprint density at radius 2 is 1.72 bits per heavy atom. The van der Waals surface area contributed by atoms with Gasteiger partial charge in [0, 0.05) is 17.8 Å². The number of nitrogens with one attached hydrogen (secondary N) is 2. The van der Waals surface area contributed by atoms with Crippen LogP contribution in [0.15, 0.2) is 54.6 Å². The summed E-state index contributed by atoms with van der Waals surface area (Å²) in [5.74, 6) is -1.43. The van der Waals surface area contributed by atoms with Crippen LogP contribution in [0.2, 0.25) is 0 Å². The molecule has 0 bridgehead atoms. The summed E-state index contributed by atoms with van der Waals surface area (Å²) in [6, 6.07) is 16.0. The second kappa shape index (κ2) is 11.0. The minimum Gasteiger partial charge on any atom is -0.455 e. The molecular weight excluding hydrogens is 368 g/mol. The van der Waals surface area contributed by atoms with E-state index < -0.39 is 17.8 Å². The van der Waals surface area contributed by atoms with Gasteiger partial charge in [-0.05, 0) is 36.6 Å². The van der Waals surface area contributed by atoms with Crippen LogP contribution < -0.4 is 10.6 Å². The lowest BCUT2D eigenvalue weighted by Crippen LogP contribution is -2.27. The van der Waals surface area contributed by atoms with E-state index in [1.54, 1.807) is 24.3 Å². The molecule has 2 N–H and O–H groups in total. The minimum absolute atomic E-state index is 0.0849. The van der Waals surface area contributed by atoms with Crippen LogP contribution in [0.4, 0.5) is 5.69 Å². The Morgan fingerprint density at radius 1 is 1.00 bits per heavy atom. The number of anilines is 1. The Bertz CT molecular complexity index is 836. The second-order valence-electron chi connectivity index (χ2n) is 6.87. The summed E-state index contributed by atoms with van der Waals surface area (Å²) < 4.78 is 5.30. The fourth-order valence-electron chi connectivity index (χ4n) is 3.02. The van der Waals surface area contributed by atoms with Gasteiger partial charge in [-0.3, -0.25) is 14.4 Å². The van der Waals surface area contributed by atoms with Crippen LogP contribution in [0, 0.1) is 5.92 Å². The van der Waals surface area contributed by atoms with Crippen molar-refractivity contribution in [3.63, 3.8) is 0 Å². The number of esters is 1.